The Balaban J connectivity index is 1.79. The van der Waals surface area contributed by atoms with E-state index < -0.39 is 11.8 Å². The number of amides is 2. The predicted molar refractivity (Wildman–Crippen MR) is 98.4 cm³/mol. The highest BCUT2D eigenvalue weighted by atomic mass is 16.2. The number of hydrogen-bond donors (Lipinski definition) is 2. The van der Waals surface area contributed by atoms with Crippen molar-refractivity contribution in [3.63, 3.8) is 0 Å². The summed E-state index contributed by atoms with van der Waals surface area (Å²) >= 11 is 0. The van der Waals surface area contributed by atoms with Crippen LogP contribution in [0.2, 0.25) is 0 Å². The van der Waals surface area contributed by atoms with Crippen molar-refractivity contribution in [2.45, 2.75) is 12.8 Å². The van der Waals surface area contributed by atoms with E-state index in [0.717, 1.165) is 23.1 Å². The molecule has 1 aliphatic carbocycles. The molecular formula is C20H15N5O2. The van der Waals surface area contributed by atoms with E-state index >= 15 is 0 Å². The molecule has 27 heavy (non-hydrogen) atoms. The molecule has 7 nitrogen and oxygen atoms in total. The van der Waals surface area contributed by atoms with E-state index in [-0.39, 0.29) is 5.69 Å². The van der Waals surface area contributed by atoms with Gasteiger partial charge in [0.2, 0.25) is 0 Å². The molecule has 7 heteroatoms. The summed E-state index contributed by atoms with van der Waals surface area (Å²) < 4.78 is 0. The molecule has 0 atom stereocenters. The molecule has 1 aliphatic rings. The molecular weight excluding hydrogens is 342 g/mol. The maximum Gasteiger partial charge on any atom is 0.271 e. The van der Waals surface area contributed by atoms with Gasteiger partial charge < -0.3 is 5.73 Å². The second-order valence-corrected chi connectivity index (χ2v) is 6.24. The molecule has 0 bridgehead atoms. The van der Waals surface area contributed by atoms with Crippen LogP contribution in [0.4, 0.5) is 0 Å². The summed E-state index contributed by atoms with van der Waals surface area (Å²) in [6.45, 7) is 0. The first kappa shape index (κ1) is 16.5. The Bertz CT molecular complexity index is 1120. The topological polar surface area (TPSA) is 114 Å². The molecule has 0 aliphatic heterocycles. The Morgan fingerprint density at radius 2 is 1.96 bits per heavy atom. The number of nitrogens with zero attached hydrogens (tertiary/aromatic N) is 3. The van der Waals surface area contributed by atoms with Gasteiger partial charge in [-0.25, -0.2) is 5.43 Å². The van der Waals surface area contributed by atoms with E-state index in [4.69, 9.17) is 11.0 Å². The third-order valence-electron chi connectivity index (χ3n) is 4.60. The number of aryl methyl sites for hydroxylation is 1. The fraction of sp³-hybridized carbons (Fsp3) is 0.100. The molecule has 0 unspecified atom stereocenters. The Labute approximate surface area is 155 Å². The van der Waals surface area contributed by atoms with Gasteiger partial charge in [-0.1, -0.05) is 30.3 Å². The second kappa shape index (κ2) is 6.42. The average molecular weight is 357 g/mol. The summed E-state index contributed by atoms with van der Waals surface area (Å²) in [7, 11) is 0. The zero-order valence-electron chi connectivity index (χ0n) is 14.3. The van der Waals surface area contributed by atoms with Crippen molar-refractivity contribution in [3.8, 4) is 17.3 Å². The maximum atomic E-state index is 12.7. The van der Waals surface area contributed by atoms with E-state index in [1.807, 2.05) is 30.3 Å². The molecule has 0 fully saturated rings. The first-order valence-electron chi connectivity index (χ1n) is 8.40. The summed E-state index contributed by atoms with van der Waals surface area (Å²) in [5.74, 6) is -1.07. The fourth-order valence-corrected chi connectivity index (χ4v) is 3.36. The molecule has 2 amide bonds. The van der Waals surface area contributed by atoms with Gasteiger partial charge in [0.25, 0.3) is 11.8 Å². The van der Waals surface area contributed by atoms with Crippen LogP contribution in [0.3, 0.4) is 0 Å². The zero-order chi connectivity index (χ0) is 19.0. The van der Waals surface area contributed by atoms with Gasteiger partial charge in [-0.05, 0) is 36.6 Å². The molecule has 0 saturated carbocycles. The lowest BCUT2D eigenvalue weighted by molar-refractivity contribution is 0.0983. The predicted octanol–water partition coefficient (Wildman–Crippen LogP) is 2.00. The number of aromatic nitrogens is 2. The molecule has 132 valence electrons. The molecule has 1 heterocycles. The van der Waals surface area contributed by atoms with Crippen molar-refractivity contribution in [1.29, 1.82) is 5.26 Å². The van der Waals surface area contributed by atoms with Crippen LogP contribution >= 0.6 is 0 Å². The van der Waals surface area contributed by atoms with E-state index in [9.17, 15) is 9.59 Å². The number of nitrogens with two attached hydrogens (primary N) is 1. The van der Waals surface area contributed by atoms with E-state index in [2.05, 4.69) is 10.5 Å². The Morgan fingerprint density at radius 3 is 2.74 bits per heavy atom. The van der Waals surface area contributed by atoms with Crippen LogP contribution in [0.25, 0.3) is 11.3 Å². The highest BCUT2D eigenvalue weighted by Gasteiger charge is 2.28. The van der Waals surface area contributed by atoms with E-state index in [0.29, 0.717) is 23.2 Å². The average Bonchev–Trinajstić information content (AvgIpc) is 3.07. The summed E-state index contributed by atoms with van der Waals surface area (Å²) in [5, 5.41) is 13.3. The van der Waals surface area contributed by atoms with Crippen molar-refractivity contribution in [2.75, 3.05) is 5.43 Å². The molecule has 1 aromatic heterocycles. The Morgan fingerprint density at radius 1 is 1.15 bits per heavy atom. The van der Waals surface area contributed by atoms with Gasteiger partial charge in [0.15, 0.2) is 5.69 Å². The number of nitriles is 1. The van der Waals surface area contributed by atoms with Crippen LogP contribution in [-0.2, 0) is 12.8 Å². The van der Waals surface area contributed by atoms with Gasteiger partial charge >= 0.3 is 0 Å². The van der Waals surface area contributed by atoms with Crippen molar-refractivity contribution in [3.05, 3.63) is 76.5 Å². The fourth-order valence-electron chi connectivity index (χ4n) is 3.36. The van der Waals surface area contributed by atoms with Crippen molar-refractivity contribution in [2.24, 2.45) is 5.73 Å². The Hall–Kier alpha value is -3.92. The van der Waals surface area contributed by atoms with Crippen LogP contribution in [0.15, 0.2) is 48.5 Å². The smallest absolute Gasteiger partial charge is 0.271 e. The quantitative estimate of drug-likeness (QED) is 0.746. The molecule has 3 N–H and O–H groups in total. The first-order valence-corrected chi connectivity index (χ1v) is 8.40. The highest BCUT2D eigenvalue weighted by Crippen LogP contribution is 2.34. The van der Waals surface area contributed by atoms with Crippen molar-refractivity contribution < 1.29 is 9.59 Å². The lowest BCUT2D eigenvalue weighted by Gasteiger charge is -2.18. The van der Waals surface area contributed by atoms with Gasteiger partial charge in [0.05, 0.1) is 17.3 Å². The van der Waals surface area contributed by atoms with Crippen LogP contribution in [0.5, 0.6) is 0 Å². The highest BCUT2D eigenvalue weighted by molar-refractivity contribution is 6.01. The molecule has 2 aromatic carbocycles. The number of benzene rings is 2. The molecule has 0 radical (unpaired) electrons. The summed E-state index contributed by atoms with van der Waals surface area (Å²) in [6, 6.07) is 16.1. The molecule has 4 rings (SSSR count). The van der Waals surface area contributed by atoms with Gasteiger partial charge in [-0.15, -0.1) is 5.10 Å². The minimum Gasteiger partial charge on any atom is -0.364 e. The summed E-state index contributed by atoms with van der Waals surface area (Å²) in [5.41, 5.74) is 12.5. The number of primary amides is 1. The van der Waals surface area contributed by atoms with Crippen molar-refractivity contribution >= 4 is 11.8 Å². The van der Waals surface area contributed by atoms with Crippen LogP contribution < -0.4 is 11.2 Å². The van der Waals surface area contributed by atoms with E-state index in [1.54, 1.807) is 18.2 Å². The number of nitrogens with one attached hydrogen (secondary N) is 1. The number of rotatable bonds is 3. The van der Waals surface area contributed by atoms with Gasteiger partial charge in [-0.3, -0.25) is 9.59 Å². The molecule has 3 aromatic rings. The standard InChI is InChI=1S/C20H15N5O2/c21-11-12-4-3-6-14(10-12)20(27)24-25-18-15-7-2-1-5-13(15)8-9-16(18)17(23-25)19(22)26/h1-7,10H,8-9H2,(H2,22,26)(H,24,27). The third kappa shape index (κ3) is 2.83. The van der Waals surface area contributed by atoms with Gasteiger partial charge in [0.1, 0.15) is 0 Å². The maximum absolute atomic E-state index is 12.7. The largest absolute Gasteiger partial charge is 0.364 e. The second-order valence-electron chi connectivity index (χ2n) is 6.24. The van der Waals surface area contributed by atoms with Crippen LogP contribution in [-0.4, -0.2) is 21.7 Å². The van der Waals surface area contributed by atoms with E-state index in [1.165, 1.54) is 10.9 Å². The minimum absolute atomic E-state index is 0.158. The van der Waals surface area contributed by atoms with Gasteiger partial charge in [-0.2, -0.15) is 10.1 Å². The van der Waals surface area contributed by atoms with Gasteiger partial charge in [0, 0.05) is 16.7 Å². The normalized spacial score (nSPS) is 11.8. The lowest BCUT2D eigenvalue weighted by Crippen LogP contribution is -2.26. The minimum atomic E-state index is -0.634. The number of hydrogen-bond acceptors (Lipinski definition) is 4. The lowest BCUT2D eigenvalue weighted by atomic mass is 9.89. The number of carbonyl (C=O) groups is 2. The third-order valence-corrected chi connectivity index (χ3v) is 4.60. The zero-order valence-corrected chi connectivity index (χ0v) is 14.3. The monoisotopic (exact) mass is 357 g/mol. The SMILES string of the molecule is N#Cc1cccc(C(=O)Nn2nc(C(N)=O)c3c2-c2ccccc2CC3)c1. The first-order chi connectivity index (χ1) is 13.1. The van der Waals surface area contributed by atoms with Crippen LogP contribution in [0.1, 0.15) is 37.5 Å². The van der Waals surface area contributed by atoms with Crippen LogP contribution in [0, 0.1) is 11.3 Å². The number of carbonyl (C=O) groups excluding carboxylic acids is 2. The number of fused-ring (bicyclic) bond motifs is 3. The summed E-state index contributed by atoms with van der Waals surface area (Å²) in [4.78, 5) is 25.8. The molecule has 0 spiro atoms. The molecule has 0 saturated heterocycles. The summed E-state index contributed by atoms with van der Waals surface area (Å²) in [6.07, 6.45) is 1.39. The Kier molecular flexibility index (Phi) is 3.94. The van der Waals surface area contributed by atoms with Crippen molar-refractivity contribution in [1.82, 2.24) is 9.89 Å².